The molecule has 7 nitrogen and oxygen atoms in total. The van der Waals surface area contributed by atoms with E-state index in [1.54, 1.807) is 0 Å². The number of hydrogen-bond acceptors (Lipinski definition) is 5. The van der Waals surface area contributed by atoms with Gasteiger partial charge in [-0.05, 0) is 44.0 Å². The Balaban J connectivity index is 1.71. The van der Waals surface area contributed by atoms with E-state index in [-0.39, 0.29) is 12.5 Å². The first kappa shape index (κ1) is 21.4. The zero-order valence-electron chi connectivity index (χ0n) is 17.5. The summed E-state index contributed by atoms with van der Waals surface area (Å²) in [7, 11) is 0. The van der Waals surface area contributed by atoms with Crippen molar-refractivity contribution in [1.29, 1.82) is 0 Å². The van der Waals surface area contributed by atoms with Gasteiger partial charge in [-0.25, -0.2) is 0 Å². The Bertz CT molecular complexity index is 970. The second-order valence-corrected chi connectivity index (χ2v) is 6.63. The van der Waals surface area contributed by atoms with Crippen LogP contribution in [0.15, 0.2) is 48.5 Å². The van der Waals surface area contributed by atoms with E-state index in [1.165, 1.54) is 0 Å². The number of H-pyrrole nitrogens is 1. The van der Waals surface area contributed by atoms with Crippen LogP contribution in [0.1, 0.15) is 25.1 Å². The lowest BCUT2D eigenvalue weighted by Gasteiger charge is -2.13. The van der Waals surface area contributed by atoms with E-state index in [2.05, 4.69) is 15.5 Å². The minimum atomic E-state index is -0.269. The average molecular weight is 409 g/mol. The minimum Gasteiger partial charge on any atom is -0.490 e. The number of amides is 1. The van der Waals surface area contributed by atoms with Gasteiger partial charge in [-0.2, -0.15) is 5.10 Å². The number of carbonyl (C=O) groups excluding carboxylic acids is 1. The van der Waals surface area contributed by atoms with Crippen LogP contribution in [-0.4, -0.2) is 35.9 Å². The zero-order valence-corrected chi connectivity index (χ0v) is 17.5. The predicted molar refractivity (Wildman–Crippen MR) is 116 cm³/mol. The molecule has 1 heterocycles. The Morgan fingerprint density at radius 2 is 1.77 bits per heavy atom. The third kappa shape index (κ3) is 5.39. The van der Waals surface area contributed by atoms with Crippen molar-refractivity contribution in [3.8, 4) is 22.6 Å². The molecule has 0 fully saturated rings. The maximum atomic E-state index is 12.4. The molecule has 1 aromatic heterocycles. The van der Waals surface area contributed by atoms with E-state index >= 15 is 0 Å². The van der Waals surface area contributed by atoms with Crippen molar-refractivity contribution in [2.45, 2.75) is 27.4 Å². The first-order valence-corrected chi connectivity index (χ1v) is 9.98. The van der Waals surface area contributed by atoms with Crippen molar-refractivity contribution in [1.82, 2.24) is 10.2 Å². The van der Waals surface area contributed by atoms with E-state index in [9.17, 15) is 4.79 Å². The van der Waals surface area contributed by atoms with Crippen molar-refractivity contribution in [2.24, 2.45) is 0 Å². The highest BCUT2D eigenvalue weighted by Gasteiger charge is 2.17. The third-order valence-corrected chi connectivity index (χ3v) is 4.38. The fourth-order valence-electron chi connectivity index (χ4n) is 3.08. The van der Waals surface area contributed by atoms with Crippen LogP contribution in [0.3, 0.4) is 0 Å². The molecule has 7 heteroatoms. The molecule has 30 heavy (non-hydrogen) atoms. The van der Waals surface area contributed by atoms with Crippen molar-refractivity contribution in [3.05, 3.63) is 59.8 Å². The first-order valence-electron chi connectivity index (χ1n) is 9.98. The van der Waals surface area contributed by atoms with Gasteiger partial charge in [0.05, 0.1) is 19.8 Å². The molecule has 0 aliphatic carbocycles. The molecule has 2 aromatic carbocycles. The molecule has 1 amide bonds. The van der Waals surface area contributed by atoms with Gasteiger partial charge >= 0.3 is 0 Å². The van der Waals surface area contributed by atoms with Crippen LogP contribution in [0.2, 0.25) is 0 Å². The SMILES string of the molecule is CCOc1ccc(-c2c(NC(=O)COCc3ccccc3)n[nH]c2C)cc1OCC. The fourth-order valence-corrected chi connectivity index (χ4v) is 3.08. The molecule has 0 saturated carbocycles. The summed E-state index contributed by atoms with van der Waals surface area (Å²) in [6, 6.07) is 15.4. The second-order valence-electron chi connectivity index (χ2n) is 6.63. The fraction of sp³-hybridized carbons (Fsp3) is 0.304. The summed E-state index contributed by atoms with van der Waals surface area (Å²) in [5.74, 6) is 1.52. The summed E-state index contributed by atoms with van der Waals surface area (Å²) in [6.45, 7) is 7.14. The van der Waals surface area contributed by atoms with Crippen molar-refractivity contribution in [3.63, 3.8) is 0 Å². The monoisotopic (exact) mass is 409 g/mol. The lowest BCUT2D eigenvalue weighted by molar-refractivity contribution is -0.121. The van der Waals surface area contributed by atoms with E-state index in [0.717, 1.165) is 22.4 Å². The van der Waals surface area contributed by atoms with Gasteiger partial charge in [-0.15, -0.1) is 0 Å². The number of carbonyl (C=O) groups is 1. The van der Waals surface area contributed by atoms with Crippen LogP contribution >= 0.6 is 0 Å². The zero-order chi connectivity index (χ0) is 21.3. The van der Waals surface area contributed by atoms with Gasteiger partial charge in [0.1, 0.15) is 6.61 Å². The lowest BCUT2D eigenvalue weighted by Crippen LogP contribution is -2.19. The molecule has 3 aromatic rings. The van der Waals surface area contributed by atoms with Gasteiger partial charge in [0, 0.05) is 11.3 Å². The molecule has 0 saturated heterocycles. The van der Waals surface area contributed by atoms with E-state index < -0.39 is 0 Å². The molecule has 0 bridgehead atoms. The topological polar surface area (TPSA) is 85.5 Å². The van der Waals surface area contributed by atoms with E-state index in [4.69, 9.17) is 14.2 Å². The smallest absolute Gasteiger partial charge is 0.251 e. The molecule has 3 rings (SSSR count). The number of ether oxygens (including phenoxy) is 3. The maximum Gasteiger partial charge on any atom is 0.251 e. The molecular formula is C23H27N3O4. The Kier molecular flexibility index (Phi) is 7.45. The van der Waals surface area contributed by atoms with Crippen LogP contribution in [0.25, 0.3) is 11.1 Å². The summed E-state index contributed by atoms with van der Waals surface area (Å²) in [5.41, 5.74) is 3.52. The summed E-state index contributed by atoms with van der Waals surface area (Å²) in [6.07, 6.45) is 0. The number of benzene rings is 2. The quantitative estimate of drug-likeness (QED) is 0.520. The third-order valence-electron chi connectivity index (χ3n) is 4.38. The number of rotatable bonds is 10. The van der Waals surface area contributed by atoms with Crippen LogP contribution in [0, 0.1) is 6.92 Å². The molecule has 0 spiro atoms. The maximum absolute atomic E-state index is 12.4. The normalized spacial score (nSPS) is 10.6. The van der Waals surface area contributed by atoms with Gasteiger partial charge in [0.25, 0.3) is 5.91 Å². The van der Waals surface area contributed by atoms with Crippen molar-refractivity contribution < 1.29 is 19.0 Å². The van der Waals surface area contributed by atoms with Gasteiger partial charge in [0.15, 0.2) is 17.3 Å². The molecule has 0 aliphatic heterocycles. The molecule has 158 valence electrons. The molecule has 0 aliphatic rings. The highest BCUT2D eigenvalue weighted by Crippen LogP contribution is 2.36. The van der Waals surface area contributed by atoms with Gasteiger partial charge in [0.2, 0.25) is 0 Å². The standard InChI is InChI=1S/C23H27N3O4/c1-4-29-19-12-11-18(13-20(19)30-5-2)22-16(3)25-26-23(22)24-21(27)15-28-14-17-9-7-6-8-10-17/h6-13H,4-5,14-15H2,1-3H3,(H2,24,25,26,27). The predicted octanol–water partition coefficient (Wildman–Crippen LogP) is 4.34. The molecule has 0 unspecified atom stereocenters. The molecule has 2 N–H and O–H groups in total. The van der Waals surface area contributed by atoms with Gasteiger partial charge in [-0.3, -0.25) is 9.89 Å². The Morgan fingerprint density at radius 3 is 2.50 bits per heavy atom. The number of aryl methyl sites for hydroxylation is 1. The second kappa shape index (κ2) is 10.5. The van der Waals surface area contributed by atoms with Crippen molar-refractivity contribution in [2.75, 3.05) is 25.1 Å². The first-order chi connectivity index (χ1) is 14.6. The number of anilines is 1. The number of aromatic nitrogens is 2. The summed E-state index contributed by atoms with van der Waals surface area (Å²) in [5, 5.41) is 10.0. The number of nitrogens with one attached hydrogen (secondary N) is 2. The largest absolute Gasteiger partial charge is 0.490 e. The minimum absolute atomic E-state index is 0.0618. The highest BCUT2D eigenvalue weighted by atomic mass is 16.5. The van der Waals surface area contributed by atoms with E-state index in [1.807, 2.05) is 69.3 Å². The van der Waals surface area contributed by atoms with Gasteiger partial charge in [-0.1, -0.05) is 36.4 Å². The molecule has 0 radical (unpaired) electrons. The Hall–Kier alpha value is -3.32. The lowest BCUT2D eigenvalue weighted by atomic mass is 10.0. The summed E-state index contributed by atoms with van der Waals surface area (Å²) < 4.78 is 16.9. The van der Waals surface area contributed by atoms with E-state index in [0.29, 0.717) is 37.1 Å². The molecule has 0 atom stereocenters. The number of nitrogens with zero attached hydrogens (tertiary/aromatic N) is 1. The Labute approximate surface area is 176 Å². The summed E-state index contributed by atoms with van der Waals surface area (Å²) in [4.78, 5) is 12.4. The van der Waals surface area contributed by atoms with Crippen LogP contribution < -0.4 is 14.8 Å². The van der Waals surface area contributed by atoms with Gasteiger partial charge < -0.3 is 19.5 Å². The number of hydrogen-bond donors (Lipinski definition) is 2. The van der Waals surface area contributed by atoms with Crippen molar-refractivity contribution >= 4 is 11.7 Å². The highest BCUT2D eigenvalue weighted by molar-refractivity contribution is 5.95. The Morgan fingerprint density at radius 1 is 1.03 bits per heavy atom. The summed E-state index contributed by atoms with van der Waals surface area (Å²) >= 11 is 0. The van der Waals surface area contributed by atoms with Crippen LogP contribution in [0.5, 0.6) is 11.5 Å². The van der Waals surface area contributed by atoms with Crippen LogP contribution in [-0.2, 0) is 16.1 Å². The number of aromatic amines is 1. The van der Waals surface area contributed by atoms with Crippen LogP contribution in [0.4, 0.5) is 5.82 Å². The molecular weight excluding hydrogens is 382 g/mol. The average Bonchev–Trinajstić information content (AvgIpc) is 3.10.